The molecule has 2 N–H and O–H groups in total. The Kier molecular flexibility index (Phi) is 2.42. The molecule has 0 saturated heterocycles. The second-order valence-electron chi connectivity index (χ2n) is 4.02. The van der Waals surface area contributed by atoms with Gasteiger partial charge in [0.1, 0.15) is 5.82 Å². The predicted octanol–water partition coefficient (Wildman–Crippen LogP) is 1.45. The van der Waals surface area contributed by atoms with Gasteiger partial charge in [0.15, 0.2) is 0 Å². The fourth-order valence-corrected chi connectivity index (χ4v) is 1.67. The van der Waals surface area contributed by atoms with Gasteiger partial charge < -0.3 is 10.6 Å². The first kappa shape index (κ1) is 9.46. The van der Waals surface area contributed by atoms with Gasteiger partial charge in [-0.05, 0) is 37.5 Å². The van der Waals surface area contributed by atoms with Crippen molar-refractivity contribution < 1.29 is 0 Å². The van der Waals surface area contributed by atoms with Gasteiger partial charge in [0.05, 0.1) is 0 Å². The van der Waals surface area contributed by atoms with Crippen LogP contribution in [0.4, 0.5) is 5.82 Å². The van der Waals surface area contributed by atoms with Crippen molar-refractivity contribution in [2.45, 2.75) is 32.4 Å². The highest BCUT2D eigenvalue weighted by Crippen LogP contribution is 2.29. The summed E-state index contributed by atoms with van der Waals surface area (Å²) in [5.41, 5.74) is 7.85. The maximum atomic E-state index is 5.63. The molecule has 1 saturated carbocycles. The van der Waals surface area contributed by atoms with Crippen LogP contribution in [0.25, 0.3) is 0 Å². The van der Waals surface area contributed by atoms with E-state index in [4.69, 9.17) is 5.73 Å². The molecule has 1 aliphatic carbocycles. The van der Waals surface area contributed by atoms with Crippen LogP contribution in [0.1, 0.15) is 24.1 Å². The molecular formula is C11H17N3. The number of aromatic nitrogens is 1. The fourth-order valence-electron chi connectivity index (χ4n) is 1.67. The molecule has 76 valence electrons. The van der Waals surface area contributed by atoms with Crippen LogP contribution in [0.3, 0.4) is 0 Å². The van der Waals surface area contributed by atoms with Crippen molar-refractivity contribution in [1.29, 1.82) is 0 Å². The quantitative estimate of drug-likeness (QED) is 0.786. The maximum absolute atomic E-state index is 5.63. The van der Waals surface area contributed by atoms with E-state index in [1.165, 1.54) is 18.4 Å². The zero-order valence-corrected chi connectivity index (χ0v) is 8.83. The van der Waals surface area contributed by atoms with Crippen molar-refractivity contribution in [2.75, 3.05) is 11.9 Å². The summed E-state index contributed by atoms with van der Waals surface area (Å²) in [7, 11) is 2.11. The van der Waals surface area contributed by atoms with E-state index in [-0.39, 0.29) is 0 Å². The summed E-state index contributed by atoms with van der Waals surface area (Å²) in [4.78, 5) is 6.77. The summed E-state index contributed by atoms with van der Waals surface area (Å²) in [6, 6.07) is 4.84. The second-order valence-corrected chi connectivity index (χ2v) is 4.02. The lowest BCUT2D eigenvalue weighted by Gasteiger charge is -2.18. The van der Waals surface area contributed by atoms with Gasteiger partial charge in [-0.25, -0.2) is 4.98 Å². The molecule has 0 bridgehead atoms. The molecule has 14 heavy (non-hydrogen) atoms. The van der Waals surface area contributed by atoms with Crippen LogP contribution >= 0.6 is 0 Å². The van der Waals surface area contributed by atoms with Crippen molar-refractivity contribution >= 4 is 5.82 Å². The van der Waals surface area contributed by atoms with Gasteiger partial charge in [-0.2, -0.15) is 0 Å². The minimum atomic E-state index is 0.592. The van der Waals surface area contributed by atoms with Crippen molar-refractivity contribution in [1.82, 2.24) is 4.98 Å². The summed E-state index contributed by atoms with van der Waals surface area (Å²) in [6.45, 7) is 2.61. The molecule has 0 amide bonds. The fraction of sp³-hybridized carbons (Fsp3) is 0.545. The highest BCUT2D eigenvalue weighted by atomic mass is 15.2. The minimum absolute atomic E-state index is 0.592. The Balaban J connectivity index is 2.27. The van der Waals surface area contributed by atoms with Gasteiger partial charge in [-0.3, -0.25) is 0 Å². The number of aryl methyl sites for hydroxylation is 1. The molecule has 0 spiro atoms. The van der Waals surface area contributed by atoms with Gasteiger partial charge in [0, 0.05) is 25.3 Å². The van der Waals surface area contributed by atoms with E-state index in [2.05, 4.69) is 23.0 Å². The van der Waals surface area contributed by atoms with Crippen LogP contribution in [-0.4, -0.2) is 18.1 Å². The van der Waals surface area contributed by atoms with Crippen molar-refractivity contribution in [3.05, 3.63) is 23.4 Å². The van der Waals surface area contributed by atoms with Gasteiger partial charge >= 0.3 is 0 Å². The Hall–Kier alpha value is -1.09. The zero-order chi connectivity index (χ0) is 10.1. The van der Waals surface area contributed by atoms with E-state index in [9.17, 15) is 0 Å². The third-order valence-electron chi connectivity index (χ3n) is 2.69. The molecule has 1 aromatic rings. The Morgan fingerprint density at radius 1 is 1.50 bits per heavy atom. The van der Waals surface area contributed by atoms with Gasteiger partial charge in [0.2, 0.25) is 0 Å². The summed E-state index contributed by atoms with van der Waals surface area (Å²) in [5, 5.41) is 0. The highest BCUT2D eigenvalue weighted by Gasteiger charge is 2.27. The molecule has 1 aromatic heterocycles. The first-order valence-corrected chi connectivity index (χ1v) is 5.11. The van der Waals surface area contributed by atoms with E-state index in [1.54, 1.807) is 0 Å². The average Bonchev–Trinajstić information content (AvgIpc) is 2.99. The molecule has 0 radical (unpaired) electrons. The van der Waals surface area contributed by atoms with Crippen LogP contribution in [-0.2, 0) is 6.54 Å². The number of nitrogens with zero attached hydrogens (tertiary/aromatic N) is 2. The Morgan fingerprint density at radius 2 is 2.21 bits per heavy atom. The van der Waals surface area contributed by atoms with E-state index < -0.39 is 0 Å². The number of rotatable bonds is 3. The molecule has 0 aliphatic heterocycles. The number of nitrogens with two attached hydrogens (primary N) is 1. The smallest absolute Gasteiger partial charge is 0.129 e. The van der Waals surface area contributed by atoms with Crippen molar-refractivity contribution in [3.63, 3.8) is 0 Å². The first-order valence-electron chi connectivity index (χ1n) is 5.11. The molecular weight excluding hydrogens is 174 g/mol. The zero-order valence-electron chi connectivity index (χ0n) is 8.83. The molecule has 2 rings (SSSR count). The normalized spacial score (nSPS) is 15.6. The summed E-state index contributed by atoms with van der Waals surface area (Å²) < 4.78 is 0. The summed E-state index contributed by atoms with van der Waals surface area (Å²) in [5.74, 6) is 1.06. The van der Waals surface area contributed by atoms with E-state index >= 15 is 0 Å². The molecule has 3 heteroatoms. The van der Waals surface area contributed by atoms with Gasteiger partial charge in [0.25, 0.3) is 0 Å². The average molecular weight is 191 g/mol. The number of pyridine rings is 1. The number of anilines is 1. The van der Waals surface area contributed by atoms with Crippen LogP contribution in [0.5, 0.6) is 0 Å². The topological polar surface area (TPSA) is 42.1 Å². The van der Waals surface area contributed by atoms with Gasteiger partial charge in [-0.15, -0.1) is 0 Å². The van der Waals surface area contributed by atoms with E-state index in [0.717, 1.165) is 11.5 Å². The van der Waals surface area contributed by atoms with Crippen LogP contribution in [0.2, 0.25) is 0 Å². The lowest BCUT2D eigenvalue weighted by molar-refractivity contribution is 0.880. The van der Waals surface area contributed by atoms with Gasteiger partial charge in [-0.1, -0.05) is 0 Å². The lowest BCUT2D eigenvalue weighted by Crippen LogP contribution is -2.21. The SMILES string of the molecule is Cc1cc(CN)cc(N(C)C2CC2)n1. The number of hydrogen-bond donors (Lipinski definition) is 1. The Morgan fingerprint density at radius 3 is 2.79 bits per heavy atom. The highest BCUT2D eigenvalue weighted by molar-refractivity contribution is 5.44. The monoisotopic (exact) mass is 191 g/mol. The molecule has 1 aliphatic rings. The molecule has 3 nitrogen and oxygen atoms in total. The Labute approximate surface area is 84.9 Å². The molecule has 0 aromatic carbocycles. The molecule has 1 fully saturated rings. The standard InChI is InChI=1S/C11H17N3/c1-8-5-9(7-12)6-11(13-8)14(2)10-3-4-10/h5-6,10H,3-4,7,12H2,1-2H3. The molecule has 0 atom stereocenters. The maximum Gasteiger partial charge on any atom is 0.129 e. The van der Waals surface area contributed by atoms with E-state index in [0.29, 0.717) is 12.6 Å². The third kappa shape index (κ3) is 1.87. The number of hydrogen-bond acceptors (Lipinski definition) is 3. The Bertz CT molecular complexity index is 331. The largest absolute Gasteiger partial charge is 0.357 e. The van der Waals surface area contributed by atoms with Crippen molar-refractivity contribution in [2.24, 2.45) is 5.73 Å². The second kappa shape index (κ2) is 3.58. The minimum Gasteiger partial charge on any atom is -0.357 e. The summed E-state index contributed by atoms with van der Waals surface area (Å²) >= 11 is 0. The van der Waals surface area contributed by atoms with Crippen LogP contribution < -0.4 is 10.6 Å². The molecule has 0 unspecified atom stereocenters. The van der Waals surface area contributed by atoms with Crippen molar-refractivity contribution in [3.8, 4) is 0 Å². The molecule has 1 heterocycles. The summed E-state index contributed by atoms with van der Waals surface area (Å²) in [6.07, 6.45) is 2.59. The van der Waals surface area contributed by atoms with Crippen LogP contribution in [0.15, 0.2) is 12.1 Å². The lowest BCUT2D eigenvalue weighted by atomic mass is 10.2. The van der Waals surface area contributed by atoms with Crippen LogP contribution in [0, 0.1) is 6.92 Å². The predicted molar refractivity (Wildman–Crippen MR) is 58.3 cm³/mol. The first-order chi connectivity index (χ1) is 6.70. The third-order valence-corrected chi connectivity index (χ3v) is 2.69. The van der Waals surface area contributed by atoms with E-state index in [1.807, 2.05) is 13.0 Å².